The maximum Gasteiger partial charge on any atom is 0.231 e. The van der Waals surface area contributed by atoms with Gasteiger partial charge in [0.15, 0.2) is 0 Å². The Balaban J connectivity index is 1.99. The summed E-state index contributed by atoms with van der Waals surface area (Å²) in [6, 6.07) is 4.12. The van der Waals surface area contributed by atoms with E-state index < -0.39 is 5.95 Å². The van der Waals surface area contributed by atoms with E-state index in [0.717, 1.165) is 18.6 Å². The SMILES string of the molecule is [18F]c1cnc2cc3c(cc2n1)[C@H]1CNC[C@H]3C1. The number of nitrogens with one attached hydrogen (secondary N) is 1. The van der Waals surface area contributed by atoms with Crippen LogP contribution in [0.25, 0.3) is 11.0 Å². The molecule has 4 heteroatoms. The van der Waals surface area contributed by atoms with Crippen molar-refractivity contribution >= 4 is 11.0 Å². The van der Waals surface area contributed by atoms with Gasteiger partial charge in [-0.05, 0) is 41.5 Å². The van der Waals surface area contributed by atoms with E-state index in [2.05, 4.69) is 21.4 Å². The van der Waals surface area contributed by atoms with Crippen LogP contribution < -0.4 is 5.32 Å². The van der Waals surface area contributed by atoms with Crippen molar-refractivity contribution < 1.29 is 4.39 Å². The van der Waals surface area contributed by atoms with Crippen molar-refractivity contribution in [3.05, 3.63) is 35.4 Å². The molecule has 0 spiro atoms. The molecule has 1 aromatic carbocycles. The lowest BCUT2D eigenvalue weighted by atomic mass is 9.98. The maximum absolute atomic E-state index is 13.1. The molecule has 2 bridgehead atoms. The number of halogens is 1. The number of aromatic nitrogens is 2. The van der Waals surface area contributed by atoms with Gasteiger partial charge >= 0.3 is 0 Å². The summed E-state index contributed by atoms with van der Waals surface area (Å²) in [7, 11) is 0. The fraction of sp³-hybridized carbons (Fsp3) is 0.385. The minimum Gasteiger partial charge on any atom is -0.316 e. The smallest absolute Gasteiger partial charge is 0.231 e. The van der Waals surface area contributed by atoms with Crippen LogP contribution in [0.5, 0.6) is 0 Å². The highest BCUT2D eigenvalue weighted by atomic mass is 18.2. The molecular weight excluding hydrogens is 216 g/mol. The van der Waals surface area contributed by atoms with Gasteiger partial charge in [0, 0.05) is 13.1 Å². The van der Waals surface area contributed by atoms with E-state index in [0.29, 0.717) is 17.4 Å². The van der Waals surface area contributed by atoms with Crippen LogP contribution in [-0.4, -0.2) is 23.1 Å². The van der Waals surface area contributed by atoms with Crippen LogP contribution >= 0.6 is 0 Å². The molecule has 0 radical (unpaired) electrons. The highest BCUT2D eigenvalue weighted by Gasteiger charge is 2.34. The number of benzene rings is 1. The molecule has 86 valence electrons. The van der Waals surface area contributed by atoms with Crippen molar-refractivity contribution in [3.63, 3.8) is 0 Å². The molecule has 0 amide bonds. The van der Waals surface area contributed by atoms with Gasteiger partial charge in [-0.3, -0.25) is 0 Å². The molecule has 1 saturated heterocycles. The maximum atomic E-state index is 13.1. The lowest BCUT2D eigenvalue weighted by Gasteiger charge is -2.19. The van der Waals surface area contributed by atoms with Gasteiger partial charge in [-0.15, -0.1) is 0 Å². The Morgan fingerprint density at radius 2 is 1.82 bits per heavy atom. The lowest BCUT2D eigenvalue weighted by Crippen LogP contribution is -2.28. The van der Waals surface area contributed by atoms with Gasteiger partial charge in [0.1, 0.15) is 0 Å². The van der Waals surface area contributed by atoms with E-state index in [1.165, 1.54) is 23.7 Å². The van der Waals surface area contributed by atoms with Gasteiger partial charge in [0.2, 0.25) is 5.95 Å². The minimum atomic E-state index is -0.503. The molecule has 0 unspecified atom stereocenters. The van der Waals surface area contributed by atoms with Gasteiger partial charge in [-0.25, -0.2) is 9.97 Å². The summed E-state index contributed by atoms with van der Waals surface area (Å²) in [5, 5.41) is 3.44. The minimum absolute atomic E-state index is 0.503. The fourth-order valence-electron chi connectivity index (χ4n) is 3.19. The molecule has 1 N–H and O–H groups in total. The molecule has 1 aliphatic heterocycles. The van der Waals surface area contributed by atoms with Gasteiger partial charge < -0.3 is 5.32 Å². The molecule has 1 aliphatic carbocycles. The van der Waals surface area contributed by atoms with Crippen LogP contribution in [0.15, 0.2) is 18.3 Å². The Morgan fingerprint density at radius 3 is 2.59 bits per heavy atom. The van der Waals surface area contributed by atoms with Crippen LogP contribution in [0.2, 0.25) is 0 Å². The zero-order chi connectivity index (χ0) is 11.4. The summed E-state index contributed by atoms with van der Waals surface area (Å²) in [4.78, 5) is 8.03. The number of rotatable bonds is 0. The third-order valence-corrected chi connectivity index (χ3v) is 3.95. The first-order valence-corrected chi connectivity index (χ1v) is 5.98. The second-order valence-electron chi connectivity index (χ2n) is 4.95. The van der Waals surface area contributed by atoms with Crippen LogP contribution in [0.4, 0.5) is 4.39 Å². The Bertz CT molecular complexity index is 611. The highest BCUT2D eigenvalue weighted by molar-refractivity contribution is 5.77. The van der Waals surface area contributed by atoms with Crippen molar-refractivity contribution in [2.75, 3.05) is 13.1 Å². The van der Waals surface area contributed by atoms with Gasteiger partial charge in [0.25, 0.3) is 0 Å². The third kappa shape index (κ3) is 1.30. The largest absolute Gasteiger partial charge is 0.316 e. The zero-order valence-electron chi connectivity index (χ0n) is 9.28. The summed E-state index contributed by atoms with van der Waals surface area (Å²) < 4.78 is 13.1. The van der Waals surface area contributed by atoms with E-state index in [1.54, 1.807) is 0 Å². The van der Waals surface area contributed by atoms with Crippen LogP contribution in [0.1, 0.15) is 29.4 Å². The molecule has 2 heterocycles. The molecule has 1 fully saturated rings. The average molecular weight is 228 g/mol. The van der Waals surface area contributed by atoms with E-state index in [9.17, 15) is 4.39 Å². The summed E-state index contributed by atoms with van der Waals surface area (Å²) in [6.45, 7) is 2.07. The zero-order valence-corrected chi connectivity index (χ0v) is 9.28. The quantitative estimate of drug-likeness (QED) is 0.748. The Kier molecular flexibility index (Phi) is 1.80. The Hall–Kier alpha value is -1.55. The van der Waals surface area contributed by atoms with Gasteiger partial charge in [0.05, 0.1) is 17.2 Å². The molecule has 2 aliphatic rings. The first kappa shape index (κ1) is 9.48. The molecule has 3 nitrogen and oxygen atoms in total. The predicted molar refractivity (Wildman–Crippen MR) is 62.5 cm³/mol. The van der Waals surface area contributed by atoms with Gasteiger partial charge in [-0.1, -0.05) is 0 Å². The topological polar surface area (TPSA) is 37.8 Å². The first-order chi connectivity index (χ1) is 8.31. The van der Waals surface area contributed by atoms with Crippen LogP contribution in [0.3, 0.4) is 0 Å². The van der Waals surface area contributed by atoms with Gasteiger partial charge in [-0.2, -0.15) is 4.39 Å². The average Bonchev–Trinajstić information content (AvgIpc) is 2.59. The molecule has 0 saturated carbocycles. The van der Waals surface area contributed by atoms with E-state index in [4.69, 9.17) is 0 Å². The fourth-order valence-corrected chi connectivity index (χ4v) is 3.19. The van der Waals surface area contributed by atoms with Crippen molar-refractivity contribution in [1.82, 2.24) is 15.3 Å². The van der Waals surface area contributed by atoms with Crippen LogP contribution in [0, 0.1) is 5.95 Å². The number of fused-ring (bicyclic) bond motifs is 6. The number of piperidine rings is 1. The Labute approximate surface area is 98.1 Å². The first-order valence-electron chi connectivity index (χ1n) is 5.98. The number of hydrogen-bond acceptors (Lipinski definition) is 3. The van der Waals surface area contributed by atoms with E-state index >= 15 is 0 Å². The second kappa shape index (κ2) is 3.23. The van der Waals surface area contributed by atoms with Crippen LogP contribution in [-0.2, 0) is 0 Å². The van der Waals surface area contributed by atoms with Crippen molar-refractivity contribution in [2.24, 2.45) is 0 Å². The standard InChI is InChI=1S/C13H12FN3/c14-13-6-16-11-2-9-7-1-8(5-15-4-7)10(9)3-12(11)17-13/h2-3,6-8,15H,1,4-5H2/t7-,8-/m1/s1/i14-1. The van der Waals surface area contributed by atoms with E-state index in [1.807, 2.05) is 6.07 Å². The molecule has 2 aromatic rings. The third-order valence-electron chi connectivity index (χ3n) is 3.95. The highest BCUT2D eigenvalue weighted by Crippen LogP contribution is 2.44. The molecule has 2 atom stereocenters. The molecule has 17 heavy (non-hydrogen) atoms. The summed E-state index contributed by atoms with van der Waals surface area (Å²) in [5.41, 5.74) is 4.20. The molecule has 4 rings (SSSR count). The second-order valence-corrected chi connectivity index (χ2v) is 4.95. The van der Waals surface area contributed by atoms with E-state index in [-0.39, 0.29) is 0 Å². The number of hydrogen-bond donors (Lipinski definition) is 1. The molecule has 1 aromatic heterocycles. The molecular formula is C13H12FN3. The normalized spacial score (nSPS) is 26.2. The summed E-state index contributed by atoms with van der Waals surface area (Å²) in [6.07, 6.45) is 2.40. The Morgan fingerprint density at radius 1 is 1.12 bits per heavy atom. The predicted octanol–water partition coefficient (Wildman–Crippen LogP) is 1.94. The lowest BCUT2D eigenvalue weighted by molar-refractivity contribution is 0.454. The monoisotopic (exact) mass is 228 g/mol. The number of nitrogens with zero attached hydrogens (tertiary/aromatic N) is 2. The van der Waals surface area contributed by atoms with Crippen molar-refractivity contribution in [2.45, 2.75) is 18.3 Å². The summed E-state index contributed by atoms with van der Waals surface area (Å²) >= 11 is 0. The summed E-state index contributed by atoms with van der Waals surface area (Å²) in [5.74, 6) is 0.662. The van der Waals surface area contributed by atoms with Crippen molar-refractivity contribution in [3.8, 4) is 0 Å². The van der Waals surface area contributed by atoms with Crippen molar-refractivity contribution in [1.29, 1.82) is 0 Å².